The fourth-order valence-electron chi connectivity index (χ4n) is 1.33. The van der Waals surface area contributed by atoms with Crippen LogP contribution in [0.1, 0.15) is 27.0 Å². The average molecular weight is 196 g/mol. The lowest BCUT2D eigenvalue weighted by molar-refractivity contribution is 0.0690. The third-order valence-corrected chi connectivity index (χ3v) is 2.52. The van der Waals surface area contributed by atoms with Crippen molar-refractivity contribution in [1.29, 1.82) is 0 Å². The summed E-state index contributed by atoms with van der Waals surface area (Å²) in [5.41, 5.74) is 1.24. The number of hydrogen-bond acceptors (Lipinski definition) is 3. The topological polar surface area (TPSA) is 77.8 Å². The van der Waals surface area contributed by atoms with Crippen LogP contribution < -0.4 is 0 Å². The van der Waals surface area contributed by atoms with E-state index < -0.39 is 11.5 Å². The minimum absolute atomic E-state index is 0.363. The smallest absolute Gasteiger partial charge is 0.343 e. The van der Waals surface area contributed by atoms with Crippen molar-refractivity contribution < 1.29 is 20.1 Å². The van der Waals surface area contributed by atoms with Crippen molar-refractivity contribution in [3.63, 3.8) is 0 Å². The van der Waals surface area contributed by atoms with Gasteiger partial charge in [-0.3, -0.25) is 0 Å². The number of benzene rings is 1. The van der Waals surface area contributed by atoms with Crippen molar-refractivity contribution in [2.45, 2.75) is 20.8 Å². The summed E-state index contributed by atoms with van der Waals surface area (Å²) in [5.74, 6) is -2.05. The molecule has 0 unspecified atom stereocenters. The van der Waals surface area contributed by atoms with Crippen LogP contribution >= 0.6 is 0 Å². The zero-order valence-electron chi connectivity index (χ0n) is 8.25. The molecule has 0 fully saturated rings. The van der Waals surface area contributed by atoms with Gasteiger partial charge in [-0.25, -0.2) is 4.79 Å². The second-order valence-corrected chi connectivity index (χ2v) is 3.25. The predicted octanol–water partition coefficient (Wildman–Crippen LogP) is 1.72. The molecule has 0 aromatic heterocycles. The number of aromatic carboxylic acids is 1. The van der Waals surface area contributed by atoms with E-state index >= 15 is 0 Å². The molecule has 0 saturated carbocycles. The molecule has 0 saturated heterocycles. The van der Waals surface area contributed by atoms with Crippen LogP contribution in [-0.4, -0.2) is 21.3 Å². The molecule has 1 aromatic rings. The number of rotatable bonds is 1. The van der Waals surface area contributed by atoms with Gasteiger partial charge in [0.2, 0.25) is 0 Å². The normalized spacial score (nSPS) is 10.2. The summed E-state index contributed by atoms with van der Waals surface area (Å²) >= 11 is 0. The van der Waals surface area contributed by atoms with Crippen LogP contribution in [0.25, 0.3) is 0 Å². The molecule has 0 aliphatic carbocycles. The van der Waals surface area contributed by atoms with Crippen LogP contribution in [-0.2, 0) is 0 Å². The van der Waals surface area contributed by atoms with E-state index in [1.807, 2.05) is 0 Å². The van der Waals surface area contributed by atoms with Gasteiger partial charge in [-0.15, -0.1) is 0 Å². The van der Waals surface area contributed by atoms with Crippen molar-refractivity contribution in [2.24, 2.45) is 0 Å². The maximum absolute atomic E-state index is 10.7. The van der Waals surface area contributed by atoms with E-state index in [4.69, 9.17) is 5.11 Å². The van der Waals surface area contributed by atoms with Gasteiger partial charge in [0, 0.05) is 0 Å². The van der Waals surface area contributed by atoms with Crippen LogP contribution in [0.4, 0.5) is 0 Å². The number of phenols is 2. The Morgan fingerprint density at radius 2 is 1.29 bits per heavy atom. The molecule has 0 amide bonds. The molecular formula is C10H12O4. The lowest BCUT2D eigenvalue weighted by Gasteiger charge is -2.12. The third kappa shape index (κ3) is 1.28. The van der Waals surface area contributed by atoms with E-state index in [9.17, 15) is 15.0 Å². The molecule has 0 atom stereocenters. The first-order valence-electron chi connectivity index (χ1n) is 4.12. The Labute approximate surface area is 81.4 Å². The lowest BCUT2D eigenvalue weighted by Crippen LogP contribution is -2.02. The molecule has 0 aliphatic rings. The summed E-state index contributed by atoms with van der Waals surface area (Å²) < 4.78 is 0. The highest BCUT2D eigenvalue weighted by Crippen LogP contribution is 2.36. The van der Waals surface area contributed by atoms with Gasteiger partial charge in [-0.2, -0.15) is 0 Å². The highest BCUT2D eigenvalue weighted by atomic mass is 16.4. The van der Waals surface area contributed by atoms with Crippen molar-refractivity contribution in [1.82, 2.24) is 0 Å². The summed E-state index contributed by atoms with van der Waals surface area (Å²) in [6.45, 7) is 4.95. The number of carboxylic acid groups (broad SMARTS) is 1. The van der Waals surface area contributed by atoms with Gasteiger partial charge < -0.3 is 15.3 Å². The zero-order valence-corrected chi connectivity index (χ0v) is 8.25. The first-order valence-corrected chi connectivity index (χ1v) is 4.12. The average Bonchev–Trinajstić information content (AvgIpc) is 2.11. The molecule has 0 spiro atoms. The van der Waals surface area contributed by atoms with E-state index in [2.05, 4.69) is 0 Å². The van der Waals surface area contributed by atoms with Crippen LogP contribution in [0.3, 0.4) is 0 Å². The molecule has 4 heteroatoms. The number of carbonyl (C=O) groups is 1. The molecule has 0 aliphatic heterocycles. The van der Waals surface area contributed by atoms with Gasteiger partial charge in [0.1, 0.15) is 17.1 Å². The molecular weight excluding hydrogens is 184 g/mol. The maximum atomic E-state index is 10.7. The monoisotopic (exact) mass is 196 g/mol. The van der Waals surface area contributed by atoms with Crippen molar-refractivity contribution >= 4 is 5.97 Å². The van der Waals surface area contributed by atoms with E-state index in [0.29, 0.717) is 16.7 Å². The van der Waals surface area contributed by atoms with Crippen molar-refractivity contribution in [3.05, 3.63) is 22.3 Å². The molecule has 4 nitrogen and oxygen atoms in total. The fourth-order valence-corrected chi connectivity index (χ4v) is 1.33. The van der Waals surface area contributed by atoms with E-state index in [1.165, 1.54) is 0 Å². The van der Waals surface area contributed by atoms with Crippen LogP contribution in [0.15, 0.2) is 0 Å². The summed E-state index contributed by atoms with van der Waals surface area (Å²) in [4.78, 5) is 10.7. The summed E-state index contributed by atoms with van der Waals surface area (Å²) in [6.07, 6.45) is 0. The largest absolute Gasteiger partial charge is 0.507 e. The van der Waals surface area contributed by atoms with Gasteiger partial charge >= 0.3 is 5.97 Å². The number of carboxylic acids is 1. The molecule has 0 bridgehead atoms. The standard InChI is InChI=1S/C10H12O4/c1-4-5(2)8(11)7(10(13)14)9(12)6(4)3/h11-12H,1-3H3,(H,13,14). The quantitative estimate of drug-likeness (QED) is 0.639. The zero-order chi connectivity index (χ0) is 11.0. The number of hydrogen-bond donors (Lipinski definition) is 3. The van der Waals surface area contributed by atoms with E-state index in [-0.39, 0.29) is 11.5 Å². The summed E-state index contributed by atoms with van der Waals surface area (Å²) in [7, 11) is 0. The Morgan fingerprint density at radius 1 is 0.929 bits per heavy atom. The Balaban J connectivity index is 3.68. The fraction of sp³-hybridized carbons (Fsp3) is 0.300. The van der Waals surface area contributed by atoms with E-state index in [1.54, 1.807) is 20.8 Å². The molecule has 3 N–H and O–H groups in total. The number of aromatic hydroxyl groups is 2. The highest BCUT2D eigenvalue weighted by molar-refractivity contribution is 5.95. The summed E-state index contributed by atoms with van der Waals surface area (Å²) in [5, 5.41) is 27.8. The van der Waals surface area contributed by atoms with Gasteiger partial charge in [-0.1, -0.05) is 0 Å². The first-order chi connectivity index (χ1) is 6.37. The van der Waals surface area contributed by atoms with Crippen LogP contribution in [0.2, 0.25) is 0 Å². The first kappa shape index (κ1) is 10.4. The van der Waals surface area contributed by atoms with Crippen LogP contribution in [0.5, 0.6) is 11.5 Å². The minimum atomic E-state index is -1.33. The second kappa shape index (κ2) is 3.21. The summed E-state index contributed by atoms with van der Waals surface area (Å²) in [6, 6.07) is 0. The molecule has 0 heterocycles. The van der Waals surface area contributed by atoms with E-state index in [0.717, 1.165) is 0 Å². The molecule has 1 aromatic carbocycles. The van der Waals surface area contributed by atoms with Gasteiger partial charge in [-0.05, 0) is 37.5 Å². The lowest BCUT2D eigenvalue weighted by atomic mass is 9.97. The SMILES string of the molecule is Cc1c(C)c(O)c(C(=O)O)c(O)c1C. The molecule has 76 valence electrons. The maximum Gasteiger partial charge on any atom is 0.343 e. The molecule has 1 rings (SSSR count). The Hall–Kier alpha value is -1.71. The molecule has 14 heavy (non-hydrogen) atoms. The Morgan fingerprint density at radius 3 is 1.57 bits per heavy atom. The second-order valence-electron chi connectivity index (χ2n) is 3.25. The van der Waals surface area contributed by atoms with Crippen LogP contribution in [0, 0.1) is 20.8 Å². The van der Waals surface area contributed by atoms with Gasteiger partial charge in [0.05, 0.1) is 0 Å². The van der Waals surface area contributed by atoms with Crippen molar-refractivity contribution in [3.8, 4) is 11.5 Å². The van der Waals surface area contributed by atoms with Gasteiger partial charge in [0.25, 0.3) is 0 Å². The Kier molecular flexibility index (Phi) is 2.38. The third-order valence-electron chi connectivity index (χ3n) is 2.52. The predicted molar refractivity (Wildman–Crippen MR) is 50.9 cm³/mol. The van der Waals surface area contributed by atoms with Crippen molar-refractivity contribution in [2.75, 3.05) is 0 Å². The minimum Gasteiger partial charge on any atom is -0.507 e. The highest BCUT2D eigenvalue weighted by Gasteiger charge is 2.21. The molecule has 0 radical (unpaired) electrons. The Bertz CT molecular complexity index is 378. The van der Waals surface area contributed by atoms with Gasteiger partial charge in [0.15, 0.2) is 0 Å².